The van der Waals surface area contributed by atoms with Crippen molar-refractivity contribution in [3.8, 4) is 11.5 Å². The summed E-state index contributed by atoms with van der Waals surface area (Å²) in [5.41, 5.74) is 2.05. The monoisotopic (exact) mass is 474 g/mol. The summed E-state index contributed by atoms with van der Waals surface area (Å²) in [5.74, 6) is 2.43. The van der Waals surface area contributed by atoms with Gasteiger partial charge in [0.05, 0.1) is 12.8 Å². The Labute approximate surface area is 169 Å². The molecule has 5 nitrogen and oxygen atoms in total. The number of hydrogen-bond acceptors (Lipinski definition) is 5. The van der Waals surface area contributed by atoms with E-state index in [0.29, 0.717) is 6.54 Å². The first-order valence-corrected chi connectivity index (χ1v) is 10.1. The maximum atomic E-state index is 5.52. The molecule has 0 aliphatic heterocycles. The molecular weight excluding hydrogens is 459 g/mol. The summed E-state index contributed by atoms with van der Waals surface area (Å²) in [6, 6.07) is 18.1. The Morgan fingerprint density at radius 1 is 1.00 bits per heavy atom. The van der Waals surface area contributed by atoms with Gasteiger partial charge in [-0.1, -0.05) is 30.0 Å². The number of rotatable bonds is 6. The fourth-order valence-corrected chi connectivity index (χ4v) is 3.76. The molecule has 4 aromatic rings. The van der Waals surface area contributed by atoms with Crippen LogP contribution in [-0.4, -0.2) is 19.7 Å². The molecule has 0 spiro atoms. The van der Waals surface area contributed by atoms with Crippen molar-refractivity contribution >= 4 is 34.4 Å². The van der Waals surface area contributed by atoms with Crippen molar-refractivity contribution in [3.63, 3.8) is 0 Å². The maximum absolute atomic E-state index is 5.52. The summed E-state index contributed by atoms with van der Waals surface area (Å²) >= 11 is 3.97. The highest BCUT2D eigenvalue weighted by molar-refractivity contribution is 14.1. The molecule has 0 aliphatic rings. The second-order valence-electron chi connectivity index (χ2n) is 5.60. The Hall–Kier alpha value is -2.13. The van der Waals surface area contributed by atoms with Gasteiger partial charge in [0.25, 0.3) is 0 Å². The zero-order chi connectivity index (χ0) is 17.8. The van der Waals surface area contributed by atoms with Crippen LogP contribution in [0.3, 0.4) is 0 Å². The lowest BCUT2D eigenvalue weighted by atomic mass is 10.2. The lowest BCUT2D eigenvalue weighted by Gasteiger charge is -2.08. The zero-order valence-electron chi connectivity index (χ0n) is 13.7. The number of aromatic nitrogens is 4. The smallest absolute Gasteiger partial charge is 0.192 e. The molecule has 0 N–H and O–H groups in total. The molecule has 0 saturated heterocycles. The van der Waals surface area contributed by atoms with Crippen LogP contribution in [0.5, 0.6) is 0 Å². The van der Waals surface area contributed by atoms with Crippen LogP contribution in [0.4, 0.5) is 0 Å². The molecule has 3 aromatic heterocycles. The van der Waals surface area contributed by atoms with Gasteiger partial charge in [-0.2, -0.15) is 0 Å². The highest BCUT2D eigenvalue weighted by Crippen LogP contribution is 2.26. The van der Waals surface area contributed by atoms with E-state index in [4.69, 9.17) is 4.42 Å². The predicted octanol–water partition coefficient (Wildman–Crippen LogP) is 4.88. The zero-order valence-corrected chi connectivity index (χ0v) is 16.7. The minimum Gasteiger partial charge on any atom is -0.467 e. The minimum absolute atomic E-state index is 0.570. The van der Waals surface area contributed by atoms with Gasteiger partial charge in [0.2, 0.25) is 0 Å². The summed E-state index contributed by atoms with van der Waals surface area (Å²) in [7, 11) is 0. The van der Waals surface area contributed by atoms with E-state index in [1.165, 1.54) is 9.13 Å². The van der Waals surface area contributed by atoms with Crippen molar-refractivity contribution < 1.29 is 4.42 Å². The Balaban J connectivity index is 1.63. The molecule has 0 aliphatic carbocycles. The number of thioether (sulfide) groups is 1. The number of pyridine rings is 1. The third kappa shape index (κ3) is 3.99. The van der Waals surface area contributed by atoms with Crippen molar-refractivity contribution in [3.05, 3.63) is 82.0 Å². The summed E-state index contributed by atoms with van der Waals surface area (Å²) in [6.45, 7) is 0.570. The number of benzene rings is 1. The second kappa shape index (κ2) is 8.05. The standard InChI is InChI=1S/C19H15IN4OS/c20-15-8-6-14(7-9-15)13-26-19-23-22-18(17-5-1-2-10-21-17)24(19)12-16-4-3-11-25-16/h1-11H,12-13H2. The van der Waals surface area contributed by atoms with Crippen molar-refractivity contribution in [2.45, 2.75) is 17.5 Å². The van der Waals surface area contributed by atoms with Gasteiger partial charge in [0.1, 0.15) is 11.5 Å². The lowest BCUT2D eigenvalue weighted by Crippen LogP contribution is -2.04. The third-order valence-electron chi connectivity index (χ3n) is 3.79. The Morgan fingerprint density at radius 2 is 1.88 bits per heavy atom. The number of halogens is 1. The summed E-state index contributed by atoms with van der Waals surface area (Å²) in [6.07, 6.45) is 3.44. The molecule has 26 heavy (non-hydrogen) atoms. The predicted molar refractivity (Wildman–Crippen MR) is 110 cm³/mol. The van der Waals surface area contributed by atoms with Gasteiger partial charge in [-0.05, 0) is 64.6 Å². The van der Waals surface area contributed by atoms with Crippen molar-refractivity contribution in [2.24, 2.45) is 0 Å². The summed E-state index contributed by atoms with van der Waals surface area (Å²) < 4.78 is 8.81. The van der Waals surface area contributed by atoms with Gasteiger partial charge in [0, 0.05) is 15.5 Å². The van der Waals surface area contributed by atoms with Crippen LogP contribution in [-0.2, 0) is 12.3 Å². The van der Waals surface area contributed by atoms with Crippen LogP contribution >= 0.6 is 34.4 Å². The van der Waals surface area contributed by atoms with Gasteiger partial charge in [-0.25, -0.2) is 0 Å². The molecule has 0 atom stereocenters. The molecule has 0 unspecified atom stereocenters. The highest BCUT2D eigenvalue weighted by Gasteiger charge is 2.16. The molecule has 0 amide bonds. The topological polar surface area (TPSA) is 56.7 Å². The van der Waals surface area contributed by atoms with E-state index in [9.17, 15) is 0 Å². The average Bonchev–Trinajstić information content (AvgIpc) is 3.33. The van der Waals surface area contributed by atoms with E-state index in [1.807, 2.05) is 30.3 Å². The average molecular weight is 474 g/mol. The van der Waals surface area contributed by atoms with Crippen LogP contribution in [0.2, 0.25) is 0 Å². The third-order valence-corrected chi connectivity index (χ3v) is 5.54. The first kappa shape index (κ1) is 17.3. The Kier molecular flexibility index (Phi) is 5.35. The van der Waals surface area contributed by atoms with Gasteiger partial charge >= 0.3 is 0 Å². The van der Waals surface area contributed by atoms with E-state index < -0.39 is 0 Å². The molecule has 0 saturated carbocycles. The van der Waals surface area contributed by atoms with E-state index >= 15 is 0 Å². The van der Waals surface area contributed by atoms with E-state index in [-0.39, 0.29) is 0 Å². The van der Waals surface area contributed by atoms with Crippen molar-refractivity contribution in [1.29, 1.82) is 0 Å². The van der Waals surface area contributed by atoms with Crippen molar-refractivity contribution in [2.75, 3.05) is 0 Å². The van der Waals surface area contributed by atoms with Crippen LogP contribution < -0.4 is 0 Å². The largest absolute Gasteiger partial charge is 0.467 e. The van der Waals surface area contributed by atoms with E-state index in [1.54, 1.807) is 24.2 Å². The first-order valence-electron chi connectivity index (χ1n) is 8.04. The molecule has 1 aromatic carbocycles. The number of furan rings is 1. The van der Waals surface area contributed by atoms with E-state index in [2.05, 4.69) is 66.6 Å². The van der Waals surface area contributed by atoms with Crippen LogP contribution in [0.25, 0.3) is 11.5 Å². The highest BCUT2D eigenvalue weighted by atomic mass is 127. The second-order valence-corrected chi connectivity index (χ2v) is 7.79. The molecule has 3 heterocycles. The van der Waals surface area contributed by atoms with Gasteiger partial charge < -0.3 is 4.42 Å². The Morgan fingerprint density at radius 3 is 2.62 bits per heavy atom. The maximum Gasteiger partial charge on any atom is 0.192 e. The quantitative estimate of drug-likeness (QED) is 0.295. The molecule has 0 fully saturated rings. The van der Waals surface area contributed by atoms with Gasteiger partial charge in [0.15, 0.2) is 11.0 Å². The fraction of sp³-hybridized carbons (Fsp3) is 0.105. The van der Waals surface area contributed by atoms with Crippen molar-refractivity contribution in [1.82, 2.24) is 19.7 Å². The Bertz CT molecular complexity index is 969. The number of nitrogens with zero attached hydrogens (tertiary/aromatic N) is 4. The minimum atomic E-state index is 0.570. The molecule has 4 rings (SSSR count). The SMILES string of the molecule is Ic1ccc(CSc2nnc(-c3ccccn3)n2Cc2ccco2)cc1. The van der Waals surface area contributed by atoms with Crippen LogP contribution in [0, 0.1) is 3.57 Å². The van der Waals surface area contributed by atoms with Crippen LogP contribution in [0.15, 0.2) is 76.6 Å². The molecule has 0 radical (unpaired) electrons. The molecular formula is C19H15IN4OS. The molecule has 0 bridgehead atoms. The molecule has 7 heteroatoms. The fourth-order valence-electron chi connectivity index (χ4n) is 2.51. The van der Waals surface area contributed by atoms with Gasteiger partial charge in [-0.3, -0.25) is 9.55 Å². The van der Waals surface area contributed by atoms with Gasteiger partial charge in [-0.15, -0.1) is 10.2 Å². The number of hydrogen-bond donors (Lipinski definition) is 0. The molecule has 130 valence electrons. The normalized spacial score (nSPS) is 11.0. The lowest BCUT2D eigenvalue weighted by molar-refractivity contribution is 0.485. The van der Waals surface area contributed by atoms with Crippen LogP contribution in [0.1, 0.15) is 11.3 Å². The summed E-state index contributed by atoms with van der Waals surface area (Å²) in [5, 5.41) is 9.63. The summed E-state index contributed by atoms with van der Waals surface area (Å²) in [4.78, 5) is 4.42. The first-order chi connectivity index (χ1) is 12.8. The van der Waals surface area contributed by atoms with E-state index in [0.717, 1.165) is 28.2 Å².